The Morgan fingerprint density at radius 1 is 0.424 bits per heavy atom. The number of phosphoric ester groups is 1. The summed E-state index contributed by atoms with van der Waals surface area (Å²) in [6.45, 7) is 4.66. The van der Waals surface area contributed by atoms with Gasteiger partial charge >= 0.3 is 0 Å². The highest BCUT2D eigenvalue weighted by Crippen LogP contribution is 2.38. The minimum atomic E-state index is -4.58. The van der Waals surface area contributed by atoms with Gasteiger partial charge in [0.05, 0.1) is 39.9 Å². The van der Waals surface area contributed by atoms with Crippen molar-refractivity contribution in [2.24, 2.45) is 0 Å². The van der Waals surface area contributed by atoms with E-state index in [9.17, 15) is 19.4 Å². The van der Waals surface area contributed by atoms with E-state index < -0.39 is 20.0 Å². The number of hydrogen-bond acceptors (Lipinski definition) is 6. The van der Waals surface area contributed by atoms with Crippen LogP contribution in [-0.2, 0) is 18.4 Å². The maximum atomic E-state index is 13.1. The Morgan fingerprint density at radius 3 is 1.05 bits per heavy atom. The van der Waals surface area contributed by atoms with Crippen molar-refractivity contribution in [3.63, 3.8) is 0 Å². The van der Waals surface area contributed by atoms with Crippen molar-refractivity contribution in [2.45, 2.75) is 366 Å². The molecule has 0 aromatic rings. The lowest BCUT2D eigenvalue weighted by molar-refractivity contribution is -0.870. The standard InChI is InChI=1S/C76H143N2O6P/c1-6-8-10-12-14-16-18-20-22-24-26-28-30-32-33-34-35-36-37-38-39-40-41-42-43-44-45-46-48-50-52-54-56-58-60-62-64-66-68-70-76(80)77-74(73-84-85(81,82)83-72-71-78(3,4)5)75(79)69-67-65-63-61-59-57-55-53-51-49-47-31-29-27-25-23-21-19-17-15-13-11-9-7-2/h8,10,14,16,20,22,26,28,32-33,35-36,74-75,79H,6-7,9,11-13,15,17-19,21,23-25,27,29-31,34,37-73H2,1-5H3,(H-,77,80,81,82)/b10-8-,16-14-,22-20-,28-26-,33-32-,36-35-. The third-order valence-corrected chi connectivity index (χ3v) is 17.7. The summed E-state index contributed by atoms with van der Waals surface area (Å²) in [6.07, 6.45) is 92.8. The van der Waals surface area contributed by atoms with Gasteiger partial charge in [-0.15, -0.1) is 0 Å². The van der Waals surface area contributed by atoms with Gasteiger partial charge in [-0.05, 0) is 64.2 Å². The van der Waals surface area contributed by atoms with Crippen LogP contribution in [0, 0.1) is 0 Å². The predicted molar refractivity (Wildman–Crippen MR) is 371 cm³/mol. The molecule has 0 bridgehead atoms. The van der Waals surface area contributed by atoms with Crippen LogP contribution in [0.15, 0.2) is 72.9 Å². The SMILES string of the molecule is CC/C=C\C/C=C\C/C=C\C/C=C\C/C=C\C/C=C\CCCCCCCCCCCCCCCCCCCCCCC(=O)NC(COP(=O)([O-])OCC[N+](C)(C)C)C(O)CCCCCCCCCCCCCCCCCCCCCCCCCC. The van der Waals surface area contributed by atoms with Crippen molar-refractivity contribution < 1.29 is 32.9 Å². The van der Waals surface area contributed by atoms with Crippen molar-refractivity contribution >= 4 is 13.7 Å². The van der Waals surface area contributed by atoms with Crippen molar-refractivity contribution in [3.05, 3.63) is 72.9 Å². The molecule has 85 heavy (non-hydrogen) atoms. The van der Waals surface area contributed by atoms with E-state index in [1.165, 1.54) is 250 Å². The Balaban J connectivity index is 3.95. The van der Waals surface area contributed by atoms with E-state index >= 15 is 0 Å². The van der Waals surface area contributed by atoms with Gasteiger partial charge in [0.2, 0.25) is 5.91 Å². The molecule has 0 aromatic heterocycles. The molecule has 1 amide bonds. The summed E-state index contributed by atoms with van der Waals surface area (Å²) < 4.78 is 23.6. The first-order chi connectivity index (χ1) is 41.5. The third kappa shape index (κ3) is 69.3. The Kier molecular flexibility index (Phi) is 64.8. The number of quaternary nitrogens is 1. The fourth-order valence-electron chi connectivity index (χ4n) is 11.0. The second-order valence-electron chi connectivity index (χ2n) is 26.3. The first-order valence-corrected chi connectivity index (χ1v) is 38.2. The Morgan fingerprint density at radius 2 is 0.718 bits per heavy atom. The molecule has 0 fully saturated rings. The number of carbonyl (C=O) groups excluding carboxylic acids is 1. The molecule has 0 aliphatic heterocycles. The summed E-state index contributed by atoms with van der Waals surface area (Å²) >= 11 is 0. The van der Waals surface area contributed by atoms with Gasteiger partial charge in [-0.3, -0.25) is 9.36 Å². The van der Waals surface area contributed by atoms with Crippen LogP contribution in [0.2, 0.25) is 0 Å². The Hall–Kier alpha value is -2.06. The van der Waals surface area contributed by atoms with E-state index in [0.29, 0.717) is 23.9 Å². The number of nitrogens with zero attached hydrogens (tertiary/aromatic N) is 1. The van der Waals surface area contributed by atoms with Crippen molar-refractivity contribution in [3.8, 4) is 0 Å². The first kappa shape index (κ1) is 82.9. The van der Waals surface area contributed by atoms with Crippen molar-refractivity contribution in [1.29, 1.82) is 0 Å². The smallest absolute Gasteiger partial charge is 0.268 e. The fraction of sp³-hybridized carbons (Fsp3) is 0.829. The summed E-state index contributed by atoms with van der Waals surface area (Å²) in [5.41, 5.74) is 0. The van der Waals surface area contributed by atoms with Gasteiger partial charge in [0.25, 0.3) is 7.82 Å². The topological polar surface area (TPSA) is 108 Å². The molecule has 9 heteroatoms. The number of allylic oxidation sites excluding steroid dienone is 12. The molecule has 0 aliphatic rings. The normalized spacial score (nSPS) is 14.0. The van der Waals surface area contributed by atoms with E-state index in [0.717, 1.165) is 77.0 Å². The number of phosphoric acid groups is 1. The number of hydrogen-bond donors (Lipinski definition) is 2. The third-order valence-electron chi connectivity index (χ3n) is 16.7. The average molecular weight is 1210 g/mol. The highest BCUT2D eigenvalue weighted by atomic mass is 31.2. The second-order valence-corrected chi connectivity index (χ2v) is 27.7. The fourth-order valence-corrected chi connectivity index (χ4v) is 11.8. The van der Waals surface area contributed by atoms with Gasteiger partial charge in [-0.2, -0.15) is 0 Å². The minimum Gasteiger partial charge on any atom is -0.756 e. The molecular weight excluding hydrogens is 1070 g/mol. The molecule has 2 N–H and O–H groups in total. The molecule has 3 unspecified atom stereocenters. The van der Waals surface area contributed by atoms with E-state index in [1.807, 2.05) is 21.1 Å². The molecule has 0 saturated carbocycles. The molecule has 0 aromatic carbocycles. The summed E-state index contributed by atoms with van der Waals surface area (Å²) in [7, 11) is 1.32. The van der Waals surface area contributed by atoms with Gasteiger partial charge in [-0.1, -0.05) is 356 Å². The van der Waals surface area contributed by atoms with Crippen LogP contribution in [0.3, 0.4) is 0 Å². The molecule has 498 valence electrons. The number of rotatable bonds is 68. The maximum absolute atomic E-state index is 13.1. The Labute approximate surface area is 529 Å². The second kappa shape index (κ2) is 66.4. The van der Waals surface area contributed by atoms with Crippen LogP contribution in [0.1, 0.15) is 354 Å². The summed E-state index contributed by atoms with van der Waals surface area (Å²) in [5.74, 6) is -0.159. The summed E-state index contributed by atoms with van der Waals surface area (Å²) in [5, 5.41) is 14.1. The number of unbranched alkanes of at least 4 members (excludes halogenated alkanes) is 43. The van der Waals surface area contributed by atoms with Crippen LogP contribution >= 0.6 is 7.82 Å². The lowest BCUT2D eigenvalue weighted by atomic mass is 10.0. The van der Waals surface area contributed by atoms with Gasteiger partial charge in [0, 0.05) is 6.42 Å². The van der Waals surface area contributed by atoms with Crippen LogP contribution in [0.4, 0.5) is 0 Å². The van der Waals surface area contributed by atoms with E-state index in [4.69, 9.17) is 9.05 Å². The van der Waals surface area contributed by atoms with Gasteiger partial charge < -0.3 is 28.8 Å². The minimum absolute atomic E-state index is 0.0129. The lowest BCUT2D eigenvalue weighted by Gasteiger charge is -2.30. The monoisotopic (exact) mass is 1210 g/mol. The zero-order valence-electron chi connectivity index (χ0n) is 57.1. The van der Waals surface area contributed by atoms with Crippen LogP contribution < -0.4 is 10.2 Å². The number of nitrogens with one attached hydrogen (secondary N) is 1. The maximum Gasteiger partial charge on any atom is 0.268 e. The molecule has 0 aliphatic carbocycles. The number of aliphatic hydroxyl groups excluding tert-OH is 1. The molecule has 0 spiro atoms. The van der Waals surface area contributed by atoms with Crippen molar-refractivity contribution in [2.75, 3.05) is 40.9 Å². The number of aliphatic hydroxyl groups is 1. The van der Waals surface area contributed by atoms with E-state index in [-0.39, 0.29) is 19.1 Å². The highest BCUT2D eigenvalue weighted by molar-refractivity contribution is 7.45. The molecule has 0 radical (unpaired) electrons. The molecule has 0 heterocycles. The predicted octanol–water partition coefficient (Wildman–Crippen LogP) is 23.1. The molecule has 8 nitrogen and oxygen atoms in total. The zero-order chi connectivity index (χ0) is 61.9. The Bertz CT molecular complexity index is 1620. The summed E-state index contributed by atoms with van der Waals surface area (Å²) in [4.78, 5) is 25.7. The summed E-state index contributed by atoms with van der Waals surface area (Å²) in [6, 6.07) is -0.803. The number of likely N-dealkylation sites (N-methyl/N-ethyl adjacent to an activating group) is 1. The molecular formula is C76H143N2O6P. The van der Waals surface area contributed by atoms with Gasteiger partial charge in [0.15, 0.2) is 0 Å². The number of amides is 1. The van der Waals surface area contributed by atoms with Crippen LogP contribution in [-0.4, -0.2) is 68.5 Å². The van der Waals surface area contributed by atoms with E-state index in [2.05, 4.69) is 92.1 Å². The van der Waals surface area contributed by atoms with Crippen molar-refractivity contribution in [1.82, 2.24) is 5.32 Å². The average Bonchev–Trinajstić information content (AvgIpc) is 3.49. The quantitative estimate of drug-likeness (QED) is 0.0272. The largest absolute Gasteiger partial charge is 0.756 e. The number of carbonyl (C=O) groups is 1. The molecule has 3 atom stereocenters. The van der Waals surface area contributed by atoms with E-state index in [1.54, 1.807) is 0 Å². The zero-order valence-corrected chi connectivity index (χ0v) is 58.0. The molecule has 0 rings (SSSR count). The highest BCUT2D eigenvalue weighted by Gasteiger charge is 2.24. The first-order valence-electron chi connectivity index (χ1n) is 36.8. The molecule has 0 saturated heterocycles. The van der Waals surface area contributed by atoms with Crippen LogP contribution in [0.5, 0.6) is 0 Å². The van der Waals surface area contributed by atoms with Gasteiger partial charge in [0.1, 0.15) is 13.2 Å². The van der Waals surface area contributed by atoms with Gasteiger partial charge in [-0.25, -0.2) is 0 Å². The lowest BCUT2D eigenvalue weighted by Crippen LogP contribution is -2.46. The van der Waals surface area contributed by atoms with Crippen LogP contribution in [0.25, 0.3) is 0 Å².